The Hall–Kier alpha value is -2.74. The first kappa shape index (κ1) is 17.1. The summed E-state index contributed by atoms with van der Waals surface area (Å²) in [5, 5.41) is 11.1. The minimum atomic E-state index is -0.408. The topological polar surface area (TPSA) is 71.7 Å². The fraction of sp³-hybridized carbons (Fsp3) is 0.353. The Balaban J connectivity index is 1.63. The number of pyridine rings is 1. The molecule has 2 aromatic rings. The number of hydrogen-bond donors (Lipinski definition) is 0. The van der Waals surface area contributed by atoms with Gasteiger partial charge in [0.25, 0.3) is 0 Å². The molecular formula is C17H19FN4O3. The molecule has 0 bridgehead atoms. The second kappa shape index (κ2) is 7.43. The monoisotopic (exact) mass is 346 g/mol. The maximum absolute atomic E-state index is 13.8. The molecule has 0 saturated carbocycles. The number of aromatic nitrogens is 1. The van der Waals surface area contributed by atoms with Crippen LogP contribution in [0.5, 0.6) is 5.75 Å². The molecule has 0 atom stereocenters. The minimum Gasteiger partial charge on any atom is -0.494 e. The second-order valence-corrected chi connectivity index (χ2v) is 5.84. The summed E-state index contributed by atoms with van der Waals surface area (Å²) in [5.74, 6) is 0.265. The molecule has 7 nitrogen and oxygen atoms in total. The van der Waals surface area contributed by atoms with Gasteiger partial charge in [-0.05, 0) is 23.8 Å². The number of nitro groups is 1. The lowest BCUT2D eigenvalue weighted by Crippen LogP contribution is -2.46. The zero-order chi connectivity index (χ0) is 17.8. The van der Waals surface area contributed by atoms with Gasteiger partial charge in [-0.25, -0.2) is 9.37 Å². The molecule has 3 rings (SSSR count). The Morgan fingerprint density at radius 3 is 2.68 bits per heavy atom. The van der Waals surface area contributed by atoms with Gasteiger partial charge in [0.1, 0.15) is 0 Å². The van der Waals surface area contributed by atoms with Gasteiger partial charge >= 0.3 is 5.69 Å². The molecular weight excluding hydrogens is 327 g/mol. The summed E-state index contributed by atoms with van der Waals surface area (Å²) in [6.07, 6.45) is 1.56. The lowest BCUT2D eigenvalue weighted by atomic mass is 10.1. The van der Waals surface area contributed by atoms with E-state index in [9.17, 15) is 14.5 Å². The summed E-state index contributed by atoms with van der Waals surface area (Å²) in [4.78, 5) is 19.0. The Bertz CT molecular complexity index is 763. The predicted octanol–water partition coefficient (Wildman–Crippen LogP) is 2.46. The van der Waals surface area contributed by atoms with Crippen molar-refractivity contribution < 1.29 is 14.1 Å². The Morgan fingerprint density at radius 2 is 2.04 bits per heavy atom. The van der Waals surface area contributed by atoms with Gasteiger partial charge in [0.2, 0.25) is 5.82 Å². The Kier molecular flexibility index (Phi) is 5.08. The lowest BCUT2D eigenvalue weighted by molar-refractivity contribution is -0.384. The number of rotatable bonds is 5. The standard InChI is InChI=1S/C17H19FN4O3/c1-25-16-5-4-13(11-14(16)18)12-20-7-9-21(10-8-20)17-15(22(23)24)3-2-6-19-17/h2-6,11H,7-10,12H2,1H3. The molecule has 0 unspecified atom stereocenters. The first-order valence-corrected chi connectivity index (χ1v) is 7.97. The Labute approximate surface area is 144 Å². The molecule has 8 heteroatoms. The summed E-state index contributed by atoms with van der Waals surface area (Å²) >= 11 is 0. The summed E-state index contributed by atoms with van der Waals surface area (Å²) in [6, 6.07) is 7.98. The average molecular weight is 346 g/mol. The fourth-order valence-electron chi connectivity index (χ4n) is 2.96. The molecule has 0 radical (unpaired) electrons. The third-order valence-electron chi connectivity index (χ3n) is 4.26. The number of anilines is 1. The van der Waals surface area contributed by atoms with E-state index in [0.29, 0.717) is 25.5 Å². The van der Waals surface area contributed by atoms with Crippen molar-refractivity contribution in [1.29, 1.82) is 0 Å². The van der Waals surface area contributed by atoms with Crippen molar-refractivity contribution >= 4 is 11.5 Å². The normalized spacial score (nSPS) is 15.2. The van der Waals surface area contributed by atoms with Gasteiger partial charge in [-0.2, -0.15) is 0 Å². The number of nitrogens with zero attached hydrogens (tertiary/aromatic N) is 4. The molecule has 1 aromatic carbocycles. The van der Waals surface area contributed by atoms with Crippen LogP contribution in [0.25, 0.3) is 0 Å². The van der Waals surface area contributed by atoms with Crippen LogP contribution in [-0.4, -0.2) is 48.1 Å². The van der Waals surface area contributed by atoms with Crippen molar-refractivity contribution in [3.05, 3.63) is 58.0 Å². The number of methoxy groups -OCH3 is 1. The molecule has 1 aliphatic heterocycles. The van der Waals surface area contributed by atoms with Gasteiger partial charge in [-0.1, -0.05) is 6.07 Å². The van der Waals surface area contributed by atoms with Crippen LogP contribution in [0.4, 0.5) is 15.9 Å². The molecule has 1 aliphatic rings. The summed E-state index contributed by atoms with van der Waals surface area (Å²) < 4.78 is 18.7. The van der Waals surface area contributed by atoms with Gasteiger partial charge < -0.3 is 9.64 Å². The minimum absolute atomic E-state index is 0.0215. The van der Waals surface area contributed by atoms with Crippen LogP contribution >= 0.6 is 0 Å². The van der Waals surface area contributed by atoms with Crippen LogP contribution in [0.3, 0.4) is 0 Å². The summed E-state index contributed by atoms with van der Waals surface area (Å²) in [7, 11) is 1.44. The smallest absolute Gasteiger partial charge is 0.311 e. The number of ether oxygens (including phenoxy) is 1. The first-order valence-electron chi connectivity index (χ1n) is 7.97. The molecule has 0 N–H and O–H groups in total. The van der Waals surface area contributed by atoms with E-state index in [2.05, 4.69) is 9.88 Å². The third-order valence-corrected chi connectivity index (χ3v) is 4.26. The van der Waals surface area contributed by atoms with Crippen LogP contribution in [-0.2, 0) is 6.54 Å². The molecule has 1 aromatic heterocycles. The lowest BCUT2D eigenvalue weighted by Gasteiger charge is -2.35. The molecule has 0 amide bonds. The molecule has 1 fully saturated rings. The van der Waals surface area contributed by atoms with Crippen LogP contribution in [0.15, 0.2) is 36.5 Å². The van der Waals surface area contributed by atoms with Gasteiger partial charge in [-0.15, -0.1) is 0 Å². The summed E-state index contributed by atoms with van der Waals surface area (Å²) in [6.45, 7) is 3.34. The van der Waals surface area contributed by atoms with Gasteiger partial charge in [-0.3, -0.25) is 15.0 Å². The molecule has 0 aliphatic carbocycles. The zero-order valence-corrected chi connectivity index (χ0v) is 13.9. The van der Waals surface area contributed by atoms with E-state index in [0.717, 1.165) is 18.7 Å². The van der Waals surface area contributed by atoms with E-state index in [1.54, 1.807) is 18.3 Å². The van der Waals surface area contributed by atoms with Crippen LogP contribution in [0, 0.1) is 15.9 Å². The van der Waals surface area contributed by atoms with E-state index in [4.69, 9.17) is 4.74 Å². The zero-order valence-electron chi connectivity index (χ0n) is 13.9. The van der Waals surface area contributed by atoms with Gasteiger partial charge in [0.15, 0.2) is 11.6 Å². The molecule has 132 valence electrons. The quantitative estimate of drug-likeness (QED) is 0.612. The number of piperazine rings is 1. The van der Waals surface area contributed by atoms with Crippen molar-refractivity contribution in [3.63, 3.8) is 0 Å². The third kappa shape index (κ3) is 3.85. The number of halogens is 1. The van der Waals surface area contributed by atoms with Crippen LogP contribution < -0.4 is 9.64 Å². The van der Waals surface area contributed by atoms with Crippen molar-refractivity contribution in [2.45, 2.75) is 6.54 Å². The first-order chi connectivity index (χ1) is 12.1. The van der Waals surface area contributed by atoms with Crippen LogP contribution in [0.1, 0.15) is 5.56 Å². The second-order valence-electron chi connectivity index (χ2n) is 5.84. The predicted molar refractivity (Wildman–Crippen MR) is 91.3 cm³/mol. The Morgan fingerprint density at radius 1 is 1.28 bits per heavy atom. The molecule has 2 heterocycles. The average Bonchev–Trinajstić information content (AvgIpc) is 2.62. The highest BCUT2D eigenvalue weighted by Crippen LogP contribution is 2.26. The van der Waals surface area contributed by atoms with E-state index in [1.807, 2.05) is 11.0 Å². The number of hydrogen-bond acceptors (Lipinski definition) is 6. The van der Waals surface area contributed by atoms with E-state index in [1.165, 1.54) is 19.2 Å². The maximum atomic E-state index is 13.8. The van der Waals surface area contributed by atoms with Crippen molar-refractivity contribution in [1.82, 2.24) is 9.88 Å². The fourth-order valence-corrected chi connectivity index (χ4v) is 2.96. The van der Waals surface area contributed by atoms with E-state index >= 15 is 0 Å². The highest BCUT2D eigenvalue weighted by molar-refractivity contribution is 5.57. The molecule has 25 heavy (non-hydrogen) atoms. The maximum Gasteiger partial charge on any atom is 0.311 e. The largest absolute Gasteiger partial charge is 0.494 e. The SMILES string of the molecule is COc1ccc(CN2CCN(c3ncccc3[N+](=O)[O-])CC2)cc1F. The molecule has 1 saturated heterocycles. The van der Waals surface area contributed by atoms with E-state index < -0.39 is 4.92 Å². The van der Waals surface area contributed by atoms with Crippen molar-refractivity contribution in [2.24, 2.45) is 0 Å². The summed E-state index contributed by atoms with van der Waals surface area (Å²) in [5.41, 5.74) is 0.892. The van der Waals surface area contributed by atoms with Crippen molar-refractivity contribution in [2.75, 3.05) is 38.2 Å². The molecule has 0 spiro atoms. The highest BCUT2D eigenvalue weighted by atomic mass is 19.1. The van der Waals surface area contributed by atoms with Gasteiger partial charge in [0, 0.05) is 45.0 Å². The van der Waals surface area contributed by atoms with E-state index in [-0.39, 0.29) is 17.3 Å². The highest BCUT2D eigenvalue weighted by Gasteiger charge is 2.24. The number of benzene rings is 1. The van der Waals surface area contributed by atoms with Gasteiger partial charge in [0.05, 0.1) is 12.0 Å². The van der Waals surface area contributed by atoms with Crippen LogP contribution in [0.2, 0.25) is 0 Å². The van der Waals surface area contributed by atoms with Crippen molar-refractivity contribution in [3.8, 4) is 5.75 Å².